The van der Waals surface area contributed by atoms with Crippen LogP contribution in [0.2, 0.25) is 0 Å². The van der Waals surface area contributed by atoms with Crippen LogP contribution in [0.3, 0.4) is 0 Å². The van der Waals surface area contributed by atoms with Crippen LogP contribution in [0.5, 0.6) is 5.75 Å². The fourth-order valence-electron chi connectivity index (χ4n) is 2.34. The van der Waals surface area contributed by atoms with Gasteiger partial charge in [-0.15, -0.1) is 0 Å². The summed E-state index contributed by atoms with van der Waals surface area (Å²) in [6, 6.07) is 15.8. The predicted molar refractivity (Wildman–Crippen MR) is 70.9 cm³/mol. The number of fused-ring (bicyclic) bond motifs is 1. The normalized spacial score (nSPS) is 17.4. The number of carbonyl (C=O) groups is 1. The molecule has 18 heavy (non-hydrogen) atoms. The molecule has 0 bridgehead atoms. The molecule has 1 unspecified atom stereocenters. The Bertz CT molecular complexity index is 587. The number of para-hydroxylation sites is 1. The second-order valence-electron chi connectivity index (χ2n) is 4.43. The van der Waals surface area contributed by atoms with E-state index in [1.807, 2.05) is 55.5 Å². The first-order chi connectivity index (χ1) is 8.81. The third-order valence-corrected chi connectivity index (χ3v) is 3.29. The average molecular weight is 238 g/mol. The van der Waals surface area contributed by atoms with Crippen LogP contribution >= 0.6 is 0 Å². The molecule has 2 aromatic rings. The number of benzene rings is 2. The van der Waals surface area contributed by atoms with E-state index >= 15 is 0 Å². The number of carbonyl (C=O) groups excluding carboxylic acids is 1. The number of hydrogen-bond acceptors (Lipinski definition) is 2. The zero-order valence-electron chi connectivity index (χ0n) is 10.2. The Morgan fingerprint density at radius 3 is 2.44 bits per heavy atom. The number of ether oxygens (including phenoxy) is 1. The van der Waals surface area contributed by atoms with Crippen LogP contribution in [0.25, 0.3) is 11.1 Å². The van der Waals surface area contributed by atoms with Gasteiger partial charge in [0.25, 0.3) is 0 Å². The van der Waals surface area contributed by atoms with E-state index < -0.39 is 0 Å². The summed E-state index contributed by atoms with van der Waals surface area (Å²) in [4.78, 5) is 12.1. The Labute approximate surface area is 106 Å². The highest BCUT2D eigenvalue weighted by atomic mass is 16.5. The molecule has 1 heterocycles. The molecule has 2 heteroatoms. The first-order valence-electron chi connectivity index (χ1n) is 6.20. The zero-order chi connectivity index (χ0) is 12.5. The van der Waals surface area contributed by atoms with Crippen molar-refractivity contribution in [2.75, 3.05) is 0 Å². The van der Waals surface area contributed by atoms with Crippen LogP contribution in [0, 0.1) is 0 Å². The molecule has 1 aliphatic heterocycles. The lowest BCUT2D eigenvalue weighted by Crippen LogP contribution is -2.18. The highest BCUT2D eigenvalue weighted by Crippen LogP contribution is 2.39. The summed E-state index contributed by atoms with van der Waals surface area (Å²) in [5.41, 5.74) is 2.79. The van der Waals surface area contributed by atoms with Crippen molar-refractivity contribution in [3.8, 4) is 16.9 Å². The van der Waals surface area contributed by atoms with Gasteiger partial charge in [-0.3, -0.25) is 4.79 Å². The maximum absolute atomic E-state index is 12.1. The lowest BCUT2D eigenvalue weighted by Gasteiger charge is -2.09. The fraction of sp³-hybridized carbons (Fsp3) is 0.188. The minimum Gasteiger partial charge on any atom is -0.481 e. The van der Waals surface area contributed by atoms with Gasteiger partial charge in [-0.05, 0) is 18.1 Å². The largest absolute Gasteiger partial charge is 0.481 e. The van der Waals surface area contributed by atoms with Crippen LogP contribution in [0.4, 0.5) is 0 Å². The van der Waals surface area contributed by atoms with E-state index in [4.69, 9.17) is 4.74 Å². The Morgan fingerprint density at radius 1 is 1.00 bits per heavy atom. The maximum atomic E-state index is 12.1. The van der Waals surface area contributed by atoms with Crippen LogP contribution in [-0.2, 0) is 0 Å². The van der Waals surface area contributed by atoms with Crippen LogP contribution < -0.4 is 4.74 Å². The standard InChI is InChI=1S/C16H14O2/c1-2-14-15(17)13-10-6-9-12(16(13)18-14)11-7-4-3-5-8-11/h3-10,14H,2H2,1H3. The van der Waals surface area contributed by atoms with Gasteiger partial charge in [-0.1, -0.05) is 49.4 Å². The Kier molecular flexibility index (Phi) is 2.63. The monoisotopic (exact) mass is 238 g/mol. The van der Waals surface area contributed by atoms with Crippen molar-refractivity contribution in [2.24, 2.45) is 0 Å². The summed E-state index contributed by atoms with van der Waals surface area (Å²) >= 11 is 0. The molecular weight excluding hydrogens is 224 g/mol. The van der Waals surface area contributed by atoms with Gasteiger partial charge in [0.2, 0.25) is 5.78 Å². The molecule has 1 aliphatic rings. The molecule has 0 saturated heterocycles. The topological polar surface area (TPSA) is 26.3 Å². The van der Waals surface area contributed by atoms with Gasteiger partial charge < -0.3 is 4.74 Å². The second-order valence-corrected chi connectivity index (χ2v) is 4.43. The summed E-state index contributed by atoms with van der Waals surface area (Å²) in [5, 5.41) is 0. The third-order valence-electron chi connectivity index (χ3n) is 3.29. The molecule has 90 valence electrons. The summed E-state index contributed by atoms with van der Waals surface area (Å²) in [5.74, 6) is 0.839. The molecule has 0 radical (unpaired) electrons. The van der Waals surface area contributed by atoms with Crippen LogP contribution in [0.1, 0.15) is 23.7 Å². The molecule has 2 aromatic carbocycles. The van der Waals surface area contributed by atoms with E-state index in [2.05, 4.69) is 0 Å². The second kappa shape index (κ2) is 4.30. The van der Waals surface area contributed by atoms with E-state index in [0.29, 0.717) is 12.0 Å². The summed E-state index contributed by atoms with van der Waals surface area (Å²) in [6.07, 6.45) is 0.395. The van der Waals surface area contributed by atoms with Gasteiger partial charge in [-0.2, -0.15) is 0 Å². The molecule has 0 aliphatic carbocycles. The van der Waals surface area contributed by atoms with Crippen molar-refractivity contribution in [1.29, 1.82) is 0 Å². The van der Waals surface area contributed by atoms with E-state index in [-0.39, 0.29) is 11.9 Å². The van der Waals surface area contributed by atoms with Gasteiger partial charge in [-0.25, -0.2) is 0 Å². The van der Waals surface area contributed by atoms with Gasteiger partial charge in [0, 0.05) is 5.56 Å². The van der Waals surface area contributed by atoms with Gasteiger partial charge in [0.15, 0.2) is 6.10 Å². The van der Waals surface area contributed by atoms with Gasteiger partial charge >= 0.3 is 0 Å². The summed E-state index contributed by atoms with van der Waals surface area (Å²) < 4.78 is 5.80. The summed E-state index contributed by atoms with van der Waals surface area (Å²) in [6.45, 7) is 1.97. The first-order valence-corrected chi connectivity index (χ1v) is 6.20. The van der Waals surface area contributed by atoms with Gasteiger partial charge in [0.05, 0.1) is 5.56 Å². The third kappa shape index (κ3) is 1.61. The molecule has 0 amide bonds. The molecule has 0 fully saturated rings. The SMILES string of the molecule is CCC1Oc2c(cccc2-c2ccccc2)C1=O. The summed E-state index contributed by atoms with van der Waals surface area (Å²) in [7, 11) is 0. The number of hydrogen-bond donors (Lipinski definition) is 0. The molecule has 0 spiro atoms. The highest BCUT2D eigenvalue weighted by Gasteiger charge is 2.32. The van der Waals surface area contributed by atoms with Crippen LogP contribution in [-0.4, -0.2) is 11.9 Å². The van der Waals surface area contributed by atoms with E-state index in [1.165, 1.54) is 0 Å². The molecule has 2 nitrogen and oxygen atoms in total. The molecule has 0 aromatic heterocycles. The smallest absolute Gasteiger partial charge is 0.207 e. The molecule has 0 N–H and O–H groups in total. The Morgan fingerprint density at radius 2 is 1.72 bits per heavy atom. The predicted octanol–water partition coefficient (Wildman–Crippen LogP) is 3.71. The minimum absolute atomic E-state index is 0.102. The molecule has 1 atom stereocenters. The van der Waals surface area contributed by atoms with Crippen molar-refractivity contribution in [2.45, 2.75) is 19.4 Å². The lowest BCUT2D eigenvalue weighted by atomic mass is 10.00. The number of rotatable bonds is 2. The quantitative estimate of drug-likeness (QED) is 0.797. The Hall–Kier alpha value is -2.09. The van der Waals surface area contributed by atoms with Gasteiger partial charge in [0.1, 0.15) is 5.75 Å². The fourth-order valence-corrected chi connectivity index (χ4v) is 2.34. The first kappa shape index (κ1) is 11.0. The molecule has 0 saturated carbocycles. The molecule has 3 rings (SSSR count). The van der Waals surface area contributed by atoms with E-state index in [0.717, 1.165) is 16.9 Å². The minimum atomic E-state index is -0.315. The number of ketones is 1. The zero-order valence-corrected chi connectivity index (χ0v) is 10.2. The highest BCUT2D eigenvalue weighted by molar-refractivity contribution is 6.06. The van der Waals surface area contributed by atoms with Crippen molar-refractivity contribution in [3.05, 3.63) is 54.1 Å². The van der Waals surface area contributed by atoms with Crippen molar-refractivity contribution < 1.29 is 9.53 Å². The van der Waals surface area contributed by atoms with Crippen LogP contribution in [0.15, 0.2) is 48.5 Å². The molecular formula is C16H14O2. The van der Waals surface area contributed by atoms with Crippen molar-refractivity contribution in [3.63, 3.8) is 0 Å². The Balaban J connectivity index is 2.14. The lowest BCUT2D eigenvalue weighted by molar-refractivity contribution is 0.0853. The van der Waals surface area contributed by atoms with E-state index in [1.54, 1.807) is 0 Å². The maximum Gasteiger partial charge on any atom is 0.207 e. The van der Waals surface area contributed by atoms with E-state index in [9.17, 15) is 4.79 Å². The number of Topliss-reactive ketones (excluding diaryl/α,β-unsaturated/α-hetero) is 1. The average Bonchev–Trinajstić information content (AvgIpc) is 2.77. The van der Waals surface area contributed by atoms with Crippen molar-refractivity contribution in [1.82, 2.24) is 0 Å². The van der Waals surface area contributed by atoms with Crippen molar-refractivity contribution >= 4 is 5.78 Å².